The predicted molar refractivity (Wildman–Crippen MR) is 97.8 cm³/mol. The highest BCUT2D eigenvalue weighted by molar-refractivity contribution is 5.97. The third kappa shape index (κ3) is 2.79. The Kier molecular flexibility index (Phi) is 3.88. The summed E-state index contributed by atoms with van der Waals surface area (Å²) in [6.45, 7) is 4.43. The van der Waals surface area contributed by atoms with Crippen LogP contribution in [-0.2, 0) is 6.54 Å². The third-order valence-corrected chi connectivity index (χ3v) is 4.69. The van der Waals surface area contributed by atoms with Gasteiger partial charge in [0.25, 0.3) is 11.5 Å². The quantitative estimate of drug-likeness (QED) is 0.761. The third-order valence-electron chi connectivity index (χ3n) is 4.69. The zero-order chi connectivity index (χ0) is 18.3. The molecule has 4 rings (SSSR count). The van der Waals surface area contributed by atoms with Crippen LogP contribution in [0.15, 0.2) is 41.2 Å². The van der Waals surface area contributed by atoms with Crippen LogP contribution in [0.25, 0.3) is 10.9 Å². The number of amides is 1. The molecule has 0 bridgehead atoms. The van der Waals surface area contributed by atoms with Crippen molar-refractivity contribution >= 4 is 16.8 Å². The molecule has 2 N–H and O–H groups in total. The number of hydrogen-bond donors (Lipinski definition) is 2. The first-order valence-electron chi connectivity index (χ1n) is 8.33. The normalized spacial score (nSPS) is 12.4. The van der Waals surface area contributed by atoms with Crippen molar-refractivity contribution in [3.63, 3.8) is 0 Å². The highest BCUT2D eigenvalue weighted by Gasteiger charge is 2.15. The van der Waals surface area contributed by atoms with Crippen molar-refractivity contribution in [2.24, 2.45) is 0 Å². The number of aromatic nitrogens is 1. The van der Waals surface area contributed by atoms with Crippen LogP contribution in [0.4, 0.5) is 0 Å². The average molecular weight is 350 g/mol. The van der Waals surface area contributed by atoms with Crippen LogP contribution in [0.1, 0.15) is 27.0 Å². The second-order valence-corrected chi connectivity index (χ2v) is 6.35. The summed E-state index contributed by atoms with van der Waals surface area (Å²) in [5, 5.41) is 3.62. The molecule has 0 saturated carbocycles. The van der Waals surface area contributed by atoms with Gasteiger partial charge in [0, 0.05) is 6.54 Å². The van der Waals surface area contributed by atoms with Crippen LogP contribution in [0, 0.1) is 13.8 Å². The van der Waals surface area contributed by atoms with Crippen molar-refractivity contribution in [2.75, 3.05) is 6.79 Å². The molecular formula is C20H18N2O4. The summed E-state index contributed by atoms with van der Waals surface area (Å²) in [4.78, 5) is 27.7. The number of nitrogens with one attached hydrogen (secondary N) is 2. The number of aromatic amines is 1. The Morgan fingerprint density at radius 1 is 1.12 bits per heavy atom. The minimum Gasteiger partial charge on any atom is -0.454 e. The SMILES string of the molecule is Cc1ccc2cc(C(=O)NCc3ccc4c(c3)OCO4)c(=O)[nH]c2c1C. The molecule has 2 heterocycles. The number of hydrogen-bond acceptors (Lipinski definition) is 4. The van der Waals surface area contributed by atoms with Gasteiger partial charge in [-0.15, -0.1) is 0 Å². The van der Waals surface area contributed by atoms with Crippen molar-refractivity contribution in [1.82, 2.24) is 10.3 Å². The van der Waals surface area contributed by atoms with Crippen molar-refractivity contribution in [2.45, 2.75) is 20.4 Å². The number of ether oxygens (including phenoxy) is 2. The molecule has 0 radical (unpaired) electrons. The maximum absolute atomic E-state index is 12.5. The van der Waals surface area contributed by atoms with Crippen LogP contribution in [-0.4, -0.2) is 17.7 Å². The Morgan fingerprint density at radius 3 is 2.77 bits per heavy atom. The number of pyridine rings is 1. The minimum atomic E-state index is -0.413. The van der Waals surface area contributed by atoms with Crippen LogP contribution >= 0.6 is 0 Å². The van der Waals surface area contributed by atoms with Gasteiger partial charge in [0.2, 0.25) is 6.79 Å². The van der Waals surface area contributed by atoms with Gasteiger partial charge in [-0.25, -0.2) is 0 Å². The first kappa shape index (κ1) is 16.2. The number of carbonyl (C=O) groups excluding carboxylic acids is 1. The molecule has 0 spiro atoms. The van der Waals surface area contributed by atoms with E-state index < -0.39 is 11.5 Å². The van der Waals surface area contributed by atoms with Crippen LogP contribution in [0.5, 0.6) is 11.5 Å². The summed E-state index contributed by atoms with van der Waals surface area (Å²) in [7, 11) is 0. The smallest absolute Gasteiger partial charge is 0.261 e. The molecule has 0 aliphatic carbocycles. The fraction of sp³-hybridized carbons (Fsp3) is 0.200. The maximum atomic E-state index is 12.5. The van der Waals surface area contributed by atoms with E-state index in [-0.39, 0.29) is 12.4 Å². The number of fused-ring (bicyclic) bond motifs is 2. The minimum absolute atomic E-state index is 0.0986. The van der Waals surface area contributed by atoms with Crippen LogP contribution in [0.2, 0.25) is 0 Å². The molecule has 1 aromatic heterocycles. The maximum Gasteiger partial charge on any atom is 0.261 e. The van der Waals surface area contributed by atoms with Gasteiger partial charge in [-0.3, -0.25) is 9.59 Å². The summed E-state index contributed by atoms with van der Waals surface area (Å²) in [6.07, 6.45) is 0. The van der Waals surface area contributed by atoms with E-state index in [2.05, 4.69) is 10.3 Å². The van der Waals surface area contributed by atoms with Gasteiger partial charge in [-0.2, -0.15) is 0 Å². The van der Waals surface area contributed by atoms with Gasteiger partial charge in [0.05, 0.1) is 5.52 Å². The second-order valence-electron chi connectivity index (χ2n) is 6.35. The lowest BCUT2D eigenvalue weighted by atomic mass is 10.0. The summed E-state index contributed by atoms with van der Waals surface area (Å²) in [5.74, 6) is 0.937. The van der Waals surface area contributed by atoms with E-state index >= 15 is 0 Å². The Bertz CT molecular complexity index is 1090. The number of benzene rings is 2. The molecule has 0 fully saturated rings. The largest absolute Gasteiger partial charge is 0.454 e. The van der Waals surface area contributed by atoms with E-state index in [1.807, 2.05) is 38.1 Å². The number of carbonyl (C=O) groups is 1. The average Bonchev–Trinajstić information content (AvgIpc) is 3.10. The fourth-order valence-corrected chi connectivity index (χ4v) is 3.02. The zero-order valence-corrected chi connectivity index (χ0v) is 14.5. The van der Waals surface area contributed by atoms with Gasteiger partial charge < -0.3 is 19.8 Å². The second kappa shape index (κ2) is 6.22. The Balaban J connectivity index is 1.57. The molecular weight excluding hydrogens is 332 g/mol. The highest BCUT2D eigenvalue weighted by Crippen LogP contribution is 2.32. The topological polar surface area (TPSA) is 80.4 Å². The molecule has 0 atom stereocenters. The molecule has 2 aromatic carbocycles. The van der Waals surface area contributed by atoms with Crippen molar-refractivity contribution in [3.8, 4) is 11.5 Å². The first-order chi connectivity index (χ1) is 12.5. The van der Waals surface area contributed by atoms with E-state index in [0.29, 0.717) is 18.0 Å². The molecule has 0 unspecified atom stereocenters. The van der Waals surface area contributed by atoms with Crippen molar-refractivity contribution < 1.29 is 14.3 Å². The molecule has 3 aromatic rings. The lowest BCUT2D eigenvalue weighted by molar-refractivity contribution is 0.0949. The van der Waals surface area contributed by atoms with E-state index in [9.17, 15) is 9.59 Å². The summed E-state index contributed by atoms with van der Waals surface area (Å²) in [6, 6.07) is 11.0. The Hall–Kier alpha value is -3.28. The van der Waals surface area contributed by atoms with Gasteiger partial charge >= 0.3 is 0 Å². The predicted octanol–water partition coefficient (Wildman–Crippen LogP) is 2.80. The molecule has 6 heteroatoms. The summed E-state index contributed by atoms with van der Waals surface area (Å²) < 4.78 is 10.6. The first-order valence-corrected chi connectivity index (χ1v) is 8.33. The highest BCUT2D eigenvalue weighted by atomic mass is 16.7. The Morgan fingerprint density at radius 2 is 1.92 bits per heavy atom. The van der Waals surface area contributed by atoms with E-state index in [0.717, 1.165) is 27.6 Å². The monoisotopic (exact) mass is 350 g/mol. The van der Waals surface area contributed by atoms with E-state index in [4.69, 9.17) is 9.47 Å². The lowest BCUT2D eigenvalue weighted by Crippen LogP contribution is -2.29. The summed E-state index contributed by atoms with van der Waals surface area (Å²) >= 11 is 0. The van der Waals surface area contributed by atoms with Gasteiger partial charge in [-0.05, 0) is 54.1 Å². The van der Waals surface area contributed by atoms with Crippen LogP contribution in [0.3, 0.4) is 0 Å². The van der Waals surface area contributed by atoms with E-state index in [1.165, 1.54) is 0 Å². The van der Waals surface area contributed by atoms with Gasteiger partial charge in [-0.1, -0.05) is 18.2 Å². The van der Waals surface area contributed by atoms with Crippen molar-refractivity contribution in [1.29, 1.82) is 0 Å². The number of rotatable bonds is 3. The molecule has 26 heavy (non-hydrogen) atoms. The van der Waals surface area contributed by atoms with E-state index in [1.54, 1.807) is 12.1 Å². The van der Waals surface area contributed by atoms with Crippen molar-refractivity contribution in [3.05, 3.63) is 69.0 Å². The molecule has 1 amide bonds. The molecule has 1 aliphatic rings. The van der Waals surface area contributed by atoms with Gasteiger partial charge in [0.1, 0.15) is 5.56 Å². The fourth-order valence-electron chi connectivity index (χ4n) is 3.02. The standard InChI is InChI=1S/C20H18N2O4/c1-11-3-5-14-8-15(20(24)22-18(14)12(11)2)19(23)21-9-13-4-6-16-17(7-13)26-10-25-16/h3-8H,9-10H2,1-2H3,(H,21,23)(H,22,24). The molecule has 1 aliphatic heterocycles. The molecule has 132 valence electrons. The summed E-state index contributed by atoms with van der Waals surface area (Å²) in [5.41, 5.74) is 3.43. The Labute approximate surface area is 149 Å². The zero-order valence-electron chi connectivity index (χ0n) is 14.5. The lowest BCUT2D eigenvalue weighted by Gasteiger charge is -2.09. The molecule has 6 nitrogen and oxygen atoms in total. The number of H-pyrrole nitrogens is 1. The van der Waals surface area contributed by atoms with Gasteiger partial charge in [0.15, 0.2) is 11.5 Å². The molecule has 0 saturated heterocycles. The van der Waals surface area contributed by atoms with Crippen LogP contribution < -0.4 is 20.3 Å². The number of aryl methyl sites for hydroxylation is 2.